The molecule has 1 unspecified atom stereocenters. The number of halogens is 1. The van der Waals surface area contributed by atoms with Crippen LogP contribution in [0.1, 0.15) is 17.0 Å². The Labute approximate surface area is 143 Å². The van der Waals surface area contributed by atoms with Gasteiger partial charge in [-0.3, -0.25) is 14.9 Å². The first-order valence-corrected chi connectivity index (χ1v) is 7.93. The number of rotatable bonds is 2. The first-order chi connectivity index (χ1) is 12.1. The standard InChI is InChI=1S/C21H14FNO2/c22-15-8-3-7-14(11-15)20-18(12-19(24)23-21(20)25)17-10-4-6-13-5-1-2-9-16(13)17/h1-12,20H,(H,23,24,25). The van der Waals surface area contributed by atoms with Gasteiger partial charge in [0.15, 0.2) is 0 Å². The molecule has 1 aliphatic rings. The SMILES string of the molecule is O=C1C=C(c2cccc3ccccc23)C(c2cccc(F)c2)C(=O)N1. The minimum absolute atomic E-state index is 0.417. The molecule has 0 spiro atoms. The lowest BCUT2D eigenvalue weighted by Gasteiger charge is -2.25. The fourth-order valence-electron chi connectivity index (χ4n) is 3.32. The molecule has 4 heteroatoms. The monoisotopic (exact) mass is 331 g/mol. The summed E-state index contributed by atoms with van der Waals surface area (Å²) in [5.41, 5.74) is 1.90. The quantitative estimate of drug-likeness (QED) is 0.726. The second-order valence-corrected chi connectivity index (χ2v) is 5.97. The third-order valence-corrected chi connectivity index (χ3v) is 4.39. The average molecular weight is 331 g/mol. The van der Waals surface area contributed by atoms with Gasteiger partial charge in [-0.2, -0.15) is 0 Å². The summed E-state index contributed by atoms with van der Waals surface area (Å²) in [7, 11) is 0. The molecule has 0 aromatic heterocycles. The van der Waals surface area contributed by atoms with Gasteiger partial charge in [0.2, 0.25) is 5.91 Å². The highest BCUT2D eigenvalue weighted by Gasteiger charge is 2.32. The van der Waals surface area contributed by atoms with Crippen molar-refractivity contribution in [1.29, 1.82) is 0 Å². The van der Waals surface area contributed by atoms with E-state index in [1.165, 1.54) is 18.2 Å². The van der Waals surface area contributed by atoms with Gasteiger partial charge in [-0.15, -0.1) is 0 Å². The summed E-state index contributed by atoms with van der Waals surface area (Å²) in [6.07, 6.45) is 1.43. The van der Waals surface area contributed by atoms with Crippen molar-refractivity contribution in [1.82, 2.24) is 5.32 Å². The lowest BCUT2D eigenvalue weighted by Crippen LogP contribution is -2.38. The van der Waals surface area contributed by atoms with E-state index < -0.39 is 23.5 Å². The van der Waals surface area contributed by atoms with Crippen molar-refractivity contribution in [2.24, 2.45) is 0 Å². The molecule has 1 N–H and O–H groups in total. The molecule has 3 nitrogen and oxygen atoms in total. The number of amides is 2. The smallest absolute Gasteiger partial charge is 0.250 e. The molecule has 0 aliphatic carbocycles. The zero-order chi connectivity index (χ0) is 17.4. The van der Waals surface area contributed by atoms with Crippen LogP contribution in [-0.4, -0.2) is 11.8 Å². The van der Waals surface area contributed by atoms with Crippen LogP contribution in [0.15, 0.2) is 72.8 Å². The van der Waals surface area contributed by atoms with Crippen molar-refractivity contribution in [3.63, 3.8) is 0 Å². The second kappa shape index (κ2) is 5.98. The van der Waals surface area contributed by atoms with E-state index in [1.54, 1.807) is 12.1 Å². The fourth-order valence-corrected chi connectivity index (χ4v) is 3.32. The molecule has 1 atom stereocenters. The maximum atomic E-state index is 13.7. The Morgan fingerprint density at radius 2 is 1.64 bits per heavy atom. The van der Waals surface area contributed by atoms with Gasteiger partial charge < -0.3 is 0 Å². The van der Waals surface area contributed by atoms with Gasteiger partial charge >= 0.3 is 0 Å². The predicted octanol–water partition coefficient (Wildman–Crippen LogP) is 3.80. The lowest BCUT2D eigenvalue weighted by atomic mass is 9.82. The van der Waals surface area contributed by atoms with Crippen molar-refractivity contribution in [3.05, 3.63) is 89.8 Å². The molecule has 0 radical (unpaired) electrons. The molecular weight excluding hydrogens is 317 g/mol. The van der Waals surface area contributed by atoms with Gasteiger partial charge in [0.05, 0.1) is 5.92 Å². The molecule has 122 valence electrons. The summed E-state index contributed by atoms with van der Waals surface area (Å²) >= 11 is 0. The van der Waals surface area contributed by atoms with Gasteiger partial charge in [-0.05, 0) is 39.6 Å². The normalized spacial score (nSPS) is 17.3. The molecule has 0 saturated heterocycles. The maximum Gasteiger partial charge on any atom is 0.250 e. The summed E-state index contributed by atoms with van der Waals surface area (Å²) in [6.45, 7) is 0. The van der Waals surface area contributed by atoms with Crippen LogP contribution >= 0.6 is 0 Å². The van der Waals surface area contributed by atoms with E-state index in [2.05, 4.69) is 5.32 Å². The van der Waals surface area contributed by atoms with Crippen LogP contribution in [-0.2, 0) is 9.59 Å². The number of carbonyl (C=O) groups is 2. The van der Waals surface area contributed by atoms with Crippen LogP contribution in [0.5, 0.6) is 0 Å². The number of hydrogen-bond donors (Lipinski definition) is 1. The highest BCUT2D eigenvalue weighted by atomic mass is 19.1. The van der Waals surface area contributed by atoms with Crippen LogP contribution in [0.2, 0.25) is 0 Å². The summed E-state index contributed by atoms with van der Waals surface area (Å²) in [5.74, 6) is -2.06. The summed E-state index contributed by atoms with van der Waals surface area (Å²) in [6, 6.07) is 19.4. The van der Waals surface area contributed by atoms with Crippen LogP contribution in [0.4, 0.5) is 4.39 Å². The Kier molecular flexibility index (Phi) is 3.65. The third-order valence-electron chi connectivity index (χ3n) is 4.39. The zero-order valence-corrected chi connectivity index (χ0v) is 13.2. The van der Waals surface area contributed by atoms with E-state index in [4.69, 9.17) is 0 Å². The van der Waals surface area contributed by atoms with Crippen LogP contribution in [0, 0.1) is 5.82 Å². The summed E-state index contributed by atoms with van der Waals surface area (Å²) in [5, 5.41) is 4.27. The van der Waals surface area contributed by atoms with Crippen molar-refractivity contribution in [2.45, 2.75) is 5.92 Å². The zero-order valence-electron chi connectivity index (χ0n) is 13.2. The molecule has 3 aromatic carbocycles. The number of fused-ring (bicyclic) bond motifs is 1. The van der Waals surface area contributed by atoms with Crippen LogP contribution < -0.4 is 5.32 Å². The molecule has 0 fully saturated rings. The number of imide groups is 1. The number of benzene rings is 3. The van der Waals surface area contributed by atoms with Crippen LogP contribution in [0.3, 0.4) is 0 Å². The molecule has 2 amide bonds. The van der Waals surface area contributed by atoms with Crippen molar-refractivity contribution < 1.29 is 14.0 Å². The van der Waals surface area contributed by atoms with E-state index in [0.29, 0.717) is 11.1 Å². The Morgan fingerprint density at radius 1 is 0.880 bits per heavy atom. The molecule has 0 bridgehead atoms. The highest BCUT2D eigenvalue weighted by molar-refractivity contribution is 6.17. The number of carbonyl (C=O) groups excluding carboxylic acids is 2. The summed E-state index contributed by atoms with van der Waals surface area (Å²) < 4.78 is 13.7. The average Bonchev–Trinajstić information content (AvgIpc) is 2.60. The van der Waals surface area contributed by atoms with E-state index in [0.717, 1.165) is 16.3 Å². The van der Waals surface area contributed by atoms with Gasteiger partial charge in [-0.1, -0.05) is 54.6 Å². The predicted molar refractivity (Wildman–Crippen MR) is 94.2 cm³/mol. The number of nitrogens with one attached hydrogen (secondary N) is 1. The van der Waals surface area contributed by atoms with Crippen molar-refractivity contribution >= 4 is 28.2 Å². The first-order valence-electron chi connectivity index (χ1n) is 7.93. The second-order valence-electron chi connectivity index (χ2n) is 5.97. The largest absolute Gasteiger partial charge is 0.292 e. The Morgan fingerprint density at radius 3 is 2.48 bits per heavy atom. The van der Waals surface area contributed by atoms with Crippen molar-refractivity contribution in [3.8, 4) is 0 Å². The highest BCUT2D eigenvalue weighted by Crippen LogP contribution is 2.37. The van der Waals surface area contributed by atoms with Gasteiger partial charge in [0, 0.05) is 6.08 Å². The Balaban J connectivity index is 1.95. The third kappa shape index (κ3) is 2.72. The first kappa shape index (κ1) is 15.3. The van der Waals surface area contributed by atoms with Gasteiger partial charge in [0.1, 0.15) is 5.82 Å². The van der Waals surface area contributed by atoms with Gasteiger partial charge in [0.25, 0.3) is 5.91 Å². The minimum atomic E-state index is -0.737. The molecular formula is C21H14FNO2. The van der Waals surface area contributed by atoms with E-state index in [1.807, 2.05) is 42.5 Å². The fraction of sp³-hybridized carbons (Fsp3) is 0.0476. The molecule has 1 aliphatic heterocycles. The molecule has 3 aromatic rings. The van der Waals surface area contributed by atoms with Crippen molar-refractivity contribution in [2.75, 3.05) is 0 Å². The van der Waals surface area contributed by atoms with E-state index in [9.17, 15) is 14.0 Å². The molecule has 0 saturated carbocycles. The van der Waals surface area contributed by atoms with E-state index >= 15 is 0 Å². The van der Waals surface area contributed by atoms with Crippen LogP contribution in [0.25, 0.3) is 16.3 Å². The Hall–Kier alpha value is -3.27. The number of hydrogen-bond acceptors (Lipinski definition) is 2. The molecule has 1 heterocycles. The van der Waals surface area contributed by atoms with E-state index in [-0.39, 0.29) is 0 Å². The lowest BCUT2D eigenvalue weighted by molar-refractivity contribution is -0.128. The Bertz CT molecular complexity index is 1030. The summed E-state index contributed by atoms with van der Waals surface area (Å²) in [4.78, 5) is 24.5. The maximum absolute atomic E-state index is 13.7. The topological polar surface area (TPSA) is 46.2 Å². The minimum Gasteiger partial charge on any atom is -0.292 e. The molecule has 4 rings (SSSR count). The van der Waals surface area contributed by atoms with Gasteiger partial charge in [-0.25, -0.2) is 4.39 Å². The molecule has 25 heavy (non-hydrogen) atoms.